The number of rotatable bonds is 3. The molecule has 0 spiro atoms. The van der Waals surface area contributed by atoms with E-state index >= 15 is 0 Å². The average Bonchev–Trinajstić information content (AvgIpc) is 3.33. The topological polar surface area (TPSA) is 62.6 Å². The highest BCUT2D eigenvalue weighted by molar-refractivity contribution is 5.47. The van der Waals surface area contributed by atoms with Crippen LogP contribution < -0.4 is 4.90 Å². The Morgan fingerprint density at radius 3 is 2.85 bits per heavy atom. The number of halogens is 4. The first-order valence-corrected chi connectivity index (χ1v) is 7.98. The minimum absolute atomic E-state index is 0.268. The molecule has 1 aliphatic heterocycles. The van der Waals surface area contributed by atoms with Gasteiger partial charge in [0.2, 0.25) is 0 Å². The summed E-state index contributed by atoms with van der Waals surface area (Å²) >= 11 is 0. The normalized spacial score (nSPS) is 17.8. The molecule has 3 aromatic heterocycles. The maximum absolute atomic E-state index is 14.1. The first-order chi connectivity index (χ1) is 12.4. The van der Waals surface area contributed by atoms with Crippen molar-refractivity contribution in [2.45, 2.75) is 25.1 Å². The molecule has 4 rings (SSSR count). The maximum atomic E-state index is 14.1. The third-order valence-electron chi connectivity index (χ3n) is 4.36. The Hall–Kier alpha value is -2.91. The second-order valence-corrected chi connectivity index (χ2v) is 6.00. The number of hydrogen-bond acceptors (Lipinski definition) is 4. The highest BCUT2D eigenvalue weighted by Gasteiger charge is 2.33. The molecule has 26 heavy (non-hydrogen) atoms. The van der Waals surface area contributed by atoms with Crippen LogP contribution in [-0.4, -0.2) is 31.5 Å². The van der Waals surface area contributed by atoms with E-state index in [9.17, 15) is 17.6 Å². The third-order valence-corrected chi connectivity index (χ3v) is 4.36. The molecular formula is C16H14F4N6. The average molecular weight is 366 g/mol. The summed E-state index contributed by atoms with van der Waals surface area (Å²) < 4.78 is 53.3. The Bertz CT molecular complexity index is 915. The van der Waals surface area contributed by atoms with Gasteiger partial charge in [-0.1, -0.05) is 0 Å². The molecule has 1 saturated heterocycles. The predicted molar refractivity (Wildman–Crippen MR) is 84.2 cm³/mol. The monoisotopic (exact) mass is 366 g/mol. The molecule has 4 heterocycles. The van der Waals surface area contributed by atoms with Crippen LogP contribution in [0.15, 0.2) is 36.8 Å². The summed E-state index contributed by atoms with van der Waals surface area (Å²) in [6.45, 7) is 0.651. The standard InChI is InChI=1S/C16H14F4N6/c17-11-3-1-5-21-15(11)12-4-2-6-25(12)13-7-14(24-23-13)26-9-10(8-22-26)16(18,19)20/h1,3,5,7-9,12H,2,4,6H2,(H,23,24)/t12-/m1/s1. The van der Waals surface area contributed by atoms with E-state index in [1.807, 2.05) is 4.90 Å². The van der Waals surface area contributed by atoms with Crippen LogP contribution in [0.2, 0.25) is 0 Å². The highest BCUT2D eigenvalue weighted by atomic mass is 19.4. The van der Waals surface area contributed by atoms with Crippen LogP contribution in [0.4, 0.5) is 23.4 Å². The number of aromatic amines is 1. The molecular weight excluding hydrogens is 352 g/mol. The van der Waals surface area contributed by atoms with Crippen LogP contribution in [0.25, 0.3) is 5.82 Å². The molecule has 0 saturated carbocycles. The summed E-state index contributed by atoms with van der Waals surface area (Å²) in [4.78, 5) is 6.02. The van der Waals surface area contributed by atoms with Gasteiger partial charge in [-0.25, -0.2) is 9.07 Å². The Labute approximate surface area is 145 Å². The summed E-state index contributed by atoms with van der Waals surface area (Å²) in [5, 5.41) is 10.6. The lowest BCUT2D eigenvalue weighted by molar-refractivity contribution is -0.137. The number of alkyl halides is 3. The van der Waals surface area contributed by atoms with Crippen LogP contribution in [0, 0.1) is 5.82 Å². The Morgan fingerprint density at radius 1 is 1.27 bits per heavy atom. The van der Waals surface area contributed by atoms with Crippen LogP contribution in [0.1, 0.15) is 30.1 Å². The molecule has 1 fully saturated rings. The third kappa shape index (κ3) is 2.91. The summed E-state index contributed by atoms with van der Waals surface area (Å²) in [5.41, 5.74) is -0.503. The van der Waals surface area contributed by atoms with Crippen molar-refractivity contribution in [2.75, 3.05) is 11.4 Å². The lowest BCUT2D eigenvalue weighted by atomic mass is 10.1. The summed E-state index contributed by atoms with van der Waals surface area (Å²) in [6, 6.07) is 4.21. The number of anilines is 1. The van der Waals surface area contributed by atoms with E-state index < -0.39 is 11.7 Å². The van der Waals surface area contributed by atoms with Crippen molar-refractivity contribution in [3.63, 3.8) is 0 Å². The minimum Gasteiger partial charge on any atom is -0.346 e. The van der Waals surface area contributed by atoms with Gasteiger partial charge >= 0.3 is 6.18 Å². The summed E-state index contributed by atoms with van der Waals surface area (Å²) in [7, 11) is 0. The SMILES string of the molecule is Fc1cccnc1[C@H]1CCCN1c1cc(-n2cc(C(F)(F)F)cn2)[nH]n1. The predicted octanol–water partition coefficient (Wildman–Crippen LogP) is 3.49. The number of H-pyrrole nitrogens is 1. The minimum atomic E-state index is -4.46. The van der Waals surface area contributed by atoms with Crippen molar-refractivity contribution < 1.29 is 17.6 Å². The van der Waals surface area contributed by atoms with Crippen LogP contribution in [0.3, 0.4) is 0 Å². The zero-order chi connectivity index (χ0) is 18.3. The molecule has 1 N–H and O–H groups in total. The molecule has 0 unspecified atom stereocenters. The van der Waals surface area contributed by atoms with Gasteiger partial charge in [-0.2, -0.15) is 23.4 Å². The Kier molecular flexibility index (Phi) is 3.89. The zero-order valence-corrected chi connectivity index (χ0v) is 13.4. The number of aromatic nitrogens is 5. The number of pyridine rings is 1. The second kappa shape index (κ2) is 6.11. The van der Waals surface area contributed by atoms with Gasteiger partial charge in [-0.15, -0.1) is 0 Å². The van der Waals surface area contributed by atoms with Gasteiger partial charge in [-0.05, 0) is 25.0 Å². The van der Waals surface area contributed by atoms with Crippen molar-refractivity contribution in [3.8, 4) is 5.82 Å². The molecule has 1 aliphatic rings. The molecule has 136 valence electrons. The first kappa shape index (κ1) is 16.6. The molecule has 0 radical (unpaired) electrons. The fourth-order valence-corrected chi connectivity index (χ4v) is 3.14. The lowest BCUT2D eigenvalue weighted by Gasteiger charge is -2.23. The highest BCUT2D eigenvalue weighted by Crippen LogP contribution is 2.36. The summed E-state index contributed by atoms with van der Waals surface area (Å²) in [6.07, 6.45) is 0.267. The molecule has 0 amide bonds. The van der Waals surface area contributed by atoms with Crippen molar-refractivity contribution in [1.29, 1.82) is 0 Å². The number of nitrogens with zero attached hydrogens (tertiary/aromatic N) is 5. The van der Waals surface area contributed by atoms with E-state index in [0.717, 1.165) is 29.9 Å². The second-order valence-electron chi connectivity index (χ2n) is 6.00. The zero-order valence-electron chi connectivity index (χ0n) is 13.4. The Balaban J connectivity index is 1.61. The van der Waals surface area contributed by atoms with Crippen LogP contribution >= 0.6 is 0 Å². The van der Waals surface area contributed by atoms with Crippen molar-refractivity contribution in [2.24, 2.45) is 0 Å². The van der Waals surface area contributed by atoms with E-state index in [1.54, 1.807) is 6.07 Å². The lowest BCUT2D eigenvalue weighted by Crippen LogP contribution is -2.24. The fraction of sp³-hybridized carbons (Fsp3) is 0.312. The van der Waals surface area contributed by atoms with Gasteiger partial charge in [0.25, 0.3) is 0 Å². The first-order valence-electron chi connectivity index (χ1n) is 7.98. The van der Waals surface area contributed by atoms with Gasteiger partial charge < -0.3 is 4.90 Å². The molecule has 3 aromatic rings. The molecule has 6 nitrogen and oxygen atoms in total. The van der Waals surface area contributed by atoms with E-state index in [4.69, 9.17) is 0 Å². The van der Waals surface area contributed by atoms with Crippen molar-refractivity contribution in [3.05, 3.63) is 53.9 Å². The molecule has 1 atom stereocenters. The quantitative estimate of drug-likeness (QED) is 0.721. The van der Waals surface area contributed by atoms with Crippen molar-refractivity contribution in [1.82, 2.24) is 25.0 Å². The van der Waals surface area contributed by atoms with Gasteiger partial charge in [0.1, 0.15) is 5.82 Å². The van der Waals surface area contributed by atoms with Gasteiger partial charge in [0.15, 0.2) is 11.6 Å². The van der Waals surface area contributed by atoms with Crippen molar-refractivity contribution >= 4 is 5.82 Å². The van der Waals surface area contributed by atoms with Crippen LogP contribution in [0.5, 0.6) is 0 Å². The van der Waals surface area contributed by atoms with E-state index in [0.29, 0.717) is 23.9 Å². The number of hydrogen-bond donors (Lipinski definition) is 1. The Morgan fingerprint density at radius 2 is 2.12 bits per heavy atom. The van der Waals surface area contributed by atoms with Gasteiger partial charge in [0, 0.05) is 25.0 Å². The molecule has 0 aromatic carbocycles. The van der Waals surface area contributed by atoms with E-state index in [-0.39, 0.29) is 11.9 Å². The van der Waals surface area contributed by atoms with E-state index in [1.165, 1.54) is 18.3 Å². The fourth-order valence-electron chi connectivity index (χ4n) is 3.14. The molecule has 10 heteroatoms. The summed E-state index contributed by atoms with van der Waals surface area (Å²) in [5.74, 6) is 0.418. The smallest absolute Gasteiger partial charge is 0.346 e. The molecule has 0 aliphatic carbocycles. The van der Waals surface area contributed by atoms with E-state index in [2.05, 4.69) is 20.3 Å². The maximum Gasteiger partial charge on any atom is 0.419 e. The van der Waals surface area contributed by atoms with Gasteiger partial charge in [0.05, 0.1) is 23.5 Å². The number of nitrogens with one attached hydrogen (secondary N) is 1. The largest absolute Gasteiger partial charge is 0.419 e. The van der Waals surface area contributed by atoms with Gasteiger partial charge in [-0.3, -0.25) is 10.1 Å². The van der Waals surface area contributed by atoms with Crippen LogP contribution in [-0.2, 0) is 6.18 Å². The molecule has 0 bridgehead atoms.